The van der Waals surface area contributed by atoms with E-state index in [-0.39, 0.29) is 6.42 Å². The maximum atomic E-state index is 9.58. The number of nitrogens with zero attached hydrogens (tertiary/aromatic N) is 1. The van der Waals surface area contributed by atoms with Crippen molar-refractivity contribution in [2.45, 2.75) is 16.0 Å². The minimum atomic E-state index is -1.89. The Morgan fingerprint density at radius 1 is 1.67 bits per heavy atom. The zero-order valence-electron chi connectivity index (χ0n) is 5.73. The van der Waals surface area contributed by atoms with E-state index >= 15 is 0 Å². The SMILES string of the molecule is O[C@@]1(C(Cl)(Cl)Cl)CC(CBr)=NO1. The third-order valence-corrected chi connectivity index (χ3v) is 2.90. The second-order valence-electron chi connectivity index (χ2n) is 2.34. The topological polar surface area (TPSA) is 41.8 Å². The molecule has 1 N–H and O–H groups in total. The first kappa shape index (κ1) is 10.9. The Labute approximate surface area is 92.7 Å². The van der Waals surface area contributed by atoms with Crippen molar-refractivity contribution >= 4 is 56.4 Å². The maximum Gasteiger partial charge on any atom is 0.287 e. The summed E-state index contributed by atoms with van der Waals surface area (Å²) in [5.74, 6) is -1.83. The molecule has 0 aliphatic carbocycles. The molecule has 0 aromatic carbocycles. The molecule has 0 spiro atoms. The molecule has 1 atom stereocenters. The fourth-order valence-electron chi connectivity index (χ4n) is 0.705. The van der Waals surface area contributed by atoms with Crippen molar-refractivity contribution in [2.24, 2.45) is 5.16 Å². The summed E-state index contributed by atoms with van der Waals surface area (Å²) in [5.41, 5.74) is 0.601. The van der Waals surface area contributed by atoms with E-state index in [2.05, 4.69) is 25.9 Å². The van der Waals surface area contributed by atoms with Crippen molar-refractivity contribution in [3.05, 3.63) is 0 Å². The second-order valence-corrected chi connectivity index (χ2v) is 5.18. The summed E-state index contributed by atoms with van der Waals surface area (Å²) in [6, 6.07) is 0. The number of halogens is 4. The zero-order valence-corrected chi connectivity index (χ0v) is 9.58. The van der Waals surface area contributed by atoms with Gasteiger partial charge in [0.15, 0.2) is 0 Å². The van der Waals surface area contributed by atoms with Crippen LogP contribution in [0.4, 0.5) is 0 Å². The highest BCUT2D eigenvalue weighted by atomic mass is 79.9. The molecule has 0 unspecified atom stereocenters. The van der Waals surface area contributed by atoms with Gasteiger partial charge in [-0.1, -0.05) is 55.9 Å². The molecule has 3 nitrogen and oxygen atoms in total. The lowest BCUT2D eigenvalue weighted by Gasteiger charge is -2.26. The normalized spacial score (nSPS) is 29.9. The summed E-state index contributed by atoms with van der Waals surface area (Å²) >= 11 is 19.6. The molecule has 0 amide bonds. The van der Waals surface area contributed by atoms with Gasteiger partial charge in [0.2, 0.25) is 0 Å². The molecule has 0 bridgehead atoms. The van der Waals surface area contributed by atoms with Gasteiger partial charge in [-0.15, -0.1) is 0 Å². The molecule has 1 heterocycles. The molecule has 1 aliphatic heterocycles. The van der Waals surface area contributed by atoms with E-state index < -0.39 is 9.58 Å². The average molecular weight is 297 g/mol. The van der Waals surface area contributed by atoms with Crippen molar-refractivity contribution in [1.29, 1.82) is 0 Å². The number of hydrogen-bond acceptors (Lipinski definition) is 3. The summed E-state index contributed by atoms with van der Waals surface area (Å²) in [6.07, 6.45) is 0.0920. The number of aliphatic hydroxyl groups is 1. The monoisotopic (exact) mass is 295 g/mol. The zero-order chi connectivity index (χ0) is 9.41. The molecular formula is C5H5BrCl3NO2. The van der Waals surface area contributed by atoms with Crippen LogP contribution in [-0.4, -0.2) is 25.7 Å². The average Bonchev–Trinajstić information content (AvgIpc) is 2.31. The van der Waals surface area contributed by atoms with Gasteiger partial charge in [0.25, 0.3) is 9.58 Å². The van der Waals surface area contributed by atoms with E-state index in [1.165, 1.54) is 0 Å². The first-order chi connectivity index (χ1) is 5.39. The van der Waals surface area contributed by atoms with Crippen LogP contribution in [0.5, 0.6) is 0 Å². The van der Waals surface area contributed by atoms with Crippen LogP contribution in [0, 0.1) is 0 Å². The number of hydrogen-bond donors (Lipinski definition) is 1. The van der Waals surface area contributed by atoms with E-state index in [9.17, 15) is 5.11 Å². The second kappa shape index (κ2) is 3.50. The van der Waals surface area contributed by atoms with Gasteiger partial charge in [0.05, 0.1) is 12.1 Å². The molecule has 0 fully saturated rings. The van der Waals surface area contributed by atoms with Crippen LogP contribution in [0.25, 0.3) is 0 Å². The lowest BCUT2D eigenvalue weighted by Crippen LogP contribution is -2.42. The minimum absolute atomic E-state index is 0.0920. The van der Waals surface area contributed by atoms with E-state index in [1.54, 1.807) is 0 Å². The lowest BCUT2D eigenvalue weighted by atomic mass is 10.2. The van der Waals surface area contributed by atoms with E-state index in [4.69, 9.17) is 34.8 Å². The highest BCUT2D eigenvalue weighted by Crippen LogP contribution is 2.43. The van der Waals surface area contributed by atoms with Gasteiger partial charge in [-0.25, -0.2) is 0 Å². The Morgan fingerprint density at radius 3 is 2.50 bits per heavy atom. The van der Waals surface area contributed by atoms with Gasteiger partial charge in [-0.05, 0) is 0 Å². The smallest absolute Gasteiger partial charge is 0.287 e. The molecule has 0 aromatic rings. The van der Waals surface area contributed by atoms with Gasteiger partial charge < -0.3 is 9.94 Å². The highest BCUT2D eigenvalue weighted by molar-refractivity contribution is 9.09. The molecule has 0 radical (unpaired) electrons. The fourth-order valence-corrected chi connectivity index (χ4v) is 1.31. The lowest BCUT2D eigenvalue weighted by molar-refractivity contribution is -0.181. The molecule has 0 saturated carbocycles. The molecule has 0 saturated heterocycles. The number of alkyl halides is 4. The van der Waals surface area contributed by atoms with Crippen molar-refractivity contribution in [3.63, 3.8) is 0 Å². The maximum absolute atomic E-state index is 9.58. The first-order valence-electron chi connectivity index (χ1n) is 2.98. The summed E-state index contributed by atoms with van der Waals surface area (Å²) in [5, 5.41) is 13.6. The molecule has 12 heavy (non-hydrogen) atoms. The highest BCUT2D eigenvalue weighted by Gasteiger charge is 2.53. The molecular weight excluding hydrogens is 292 g/mol. The Kier molecular flexibility index (Phi) is 3.17. The molecule has 1 aliphatic rings. The van der Waals surface area contributed by atoms with Gasteiger partial charge in [-0.3, -0.25) is 0 Å². The fraction of sp³-hybridized carbons (Fsp3) is 0.800. The standard InChI is InChI=1S/C5H5BrCl3NO2/c6-2-3-1-4(11,12-10-3)5(7,8)9/h11H,1-2H2/t4-/m0/s1. The Balaban J connectivity index is 2.70. The predicted octanol–water partition coefficient (Wildman–Crippen LogP) is 2.22. The van der Waals surface area contributed by atoms with E-state index in [0.29, 0.717) is 11.0 Å². The minimum Gasteiger partial charge on any atom is -0.355 e. The Hall–Kier alpha value is 0.780. The molecule has 7 heteroatoms. The van der Waals surface area contributed by atoms with Gasteiger partial charge in [0.1, 0.15) is 0 Å². The largest absolute Gasteiger partial charge is 0.355 e. The summed E-state index contributed by atoms with van der Waals surface area (Å²) in [4.78, 5) is 4.63. The molecule has 70 valence electrons. The van der Waals surface area contributed by atoms with Crippen LogP contribution < -0.4 is 0 Å². The van der Waals surface area contributed by atoms with Crippen LogP contribution in [-0.2, 0) is 4.84 Å². The van der Waals surface area contributed by atoms with Crippen LogP contribution in [0.1, 0.15) is 6.42 Å². The van der Waals surface area contributed by atoms with Crippen molar-refractivity contribution in [3.8, 4) is 0 Å². The number of rotatable bonds is 1. The van der Waals surface area contributed by atoms with Crippen LogP contribution >= 0.6 is 50.7 Å². The van der Waals surface area contributed by atoms with Gasteiger partial charge >= 0.3 is 0 Å². The third-order valence-electron chi connectivity index (χ3n) is 1.37. The van der Waals surface area contributed by atoms with Crippen LogP contribution in [0.2, 0.25) is 0 Å². The van der Waals surface area contributed by atoms with Crippen LogP contribution in [0.15, 0.2) is 5.16 Å². The Morgan fingerprint density at radius 2 is 2.25 bits per heavy atom. The molecule has 1 rings (SSSR count). The van der Waals surface area contributed by atoms with Crippen molar-refractivity contribution in [1.82, 2.24) is 0 Å². The number of oxime groups is 1. The first-order valence-corrected chi connectivity index (χ1v) is 5.23. The molecule has 0 aromatic heterocycles. The van der Waals surface area contributed by atoms with E-state index in [1.807, 2.05) is 0 Å². The summed E-state index contributed by atoms with van der Waals surface area (Å²) < 4.78 is -1.89. The van der Waals surface area contributed by atoms with Crippen molar-refractivity contribution in [2.75, 3.05) is 5.33 Å². The summed E-state index contributed by atoms with van der Waals surface area (Å²) in [7, 11) is 0. The third kappa shape index (κ3) is 1.99. The summed E-state index contributed by atoms with van der Waals surface area (Å²) in [6.45, 7) is 0. The predicted molar refractivity (Wildman–Crippen MR) is 52.2 cm³/mol. The van der Waals surface area contributed by atoms with Crippen molar-refractivity contribution < 1.29 is 9.94 Å². The van der Waals surface area contributed by atoms with Gasteiger partial charge in [-0.2, -0.15) is 0 Å². The van der Waals surface area contributed by atoms with E-state index in [0.717, 1.165) is 0 Å². The quantitative estimate of drug-likeness (QED) is 0.754. The Bertz CT molecular complexity index is 217. The van der Waals surface area contributed by atoms with Gasteiger partial charge in [0, 0.05) is 5.33 Å². The van der Waals surface area contributed by atoms with Crippen LogP contribution in [0.3, 0.4) is 0 Å².